The highest BCUT2D eigenvalue weighted by atomic mass is 19.1. The number of rotatable bonds is 8. The quantitative estimate of drug-likeness (QED) is 0.413. The molecule has 0 radical (unpaired) electrons. The lowest BCUT2D eigenvalue weighted by atomic mass is 9.89. The summed E-state index contributed by atoms with van der Waals surface area (Å²) in [6.45, 7) is 12.1. The van der Waals surface area contributed by atoms with Gasteiger partial charge in [-0.3, -0.25) is 4.90 Å². The summed E-state index contributed by atoms with van der Waals surface area (Å²) >= 11 is 0. The van der Waals surface area contributed by atoms with Gasteiger partial charge in [-0.05, 0) is 72.3 Å². The van der Waals surface area contributed by atoms with Crippen LogP contribution in [0.15, 0.2) is 24.3 Å². The van der Waals surface area contributed by atoms with E-state index >= 15 is 4.39 Å². The van der Waals surface area contributed by atoms with Crippen LogP contribution < -0.4 is 10.1 Å². The van der Waals surface area contributed by atoms with Gasteiger partial charge < -0.3 is 15.0 Å². The number of alkyl halides is 1. The molecule has 9 heteroatoms. The molecule has 5 rings (SSSR count). The minimum absolute atomic E-state index is 0.0608. The number of anilines is 1. The lowest BCUT2D eigenvalue weighted by Gasteiger charge is -2.37. The fourth-order valence-corrected chi connectivity index (χ4v) is 5.59. The van der Waals surface area contributed by atoms with Gasteiger partial charge in [-0.25, -0.2) is 18.7 Å². The number of fused-ring (bicyclic) bond motifs is 1. The first-order chi connectivity index (χ1) is 18.2. The molecule has 0 saturated carbocycles. The Morgan fingerprint density at radius 1 is 1.11 bits per heavy atom. The van der Waals surface area contributed by atoms with Gasteiger partial charge in [0.05, 0.1) is 11.4 Å². The molecule has 1 unspecified atom stereocenters. The molecule has 0 spiro atoms. The van der Waals surface area contributed by atoms with Crippen molar-refractivity contribution in [1.82, 2.24) is 24.8 Å². The zero-order chi connectivity index (χ0) is 27.0. The molecule has 3 aromatic rings. The zero-order valence-electron chi connectivity index (χ0n) is 23.0. The SMILES string of the molecule is CCN1CCC(c2cc3c(N[C@H](C)c4cccc(C(C)F)c4F)nc(C)nc3nc2OC2CN(C)C2)CC1. The Hall–Kier alpha value is -2.91. The first-order valence-corrected chi connectivity index (χ1v) is 13.7. The van der Waals surface area contributed by atoms with E-state index in [1.54, 1.807) is 12.1 Å². The standard InChI is InChI=1S/C29H38F2N6O/c1-6-37-12-10-20(11-13-37)24-14-25-27(32-18(3)23-9-7-8-22(17(2)30)26(23)31)33-19(4)34-28(25)35-29(24)38-21-15-36(5)16-21/h7-9,14,17-18,20-21H,6,10-13,15-16H2,1-5H3,(H,32,33,34,35)/t17?,18-/m1/s1. The molecule has 2 aliphatic rings. The van der Waals surface area contributed by atoms with Crippen LogP contribution in [0.25, 0.3) is 11.0 Å². The minimum atomic E-state index is -1.39. The zero-order valence-corrected chi connectivity index (χ0v) is 23.0. The van der Waals surface area contributed by atoms with Crippen LogP contribution in [0.4, 0.5) is 14.6 Å². The Kier molecular flexibility index (Phi) is 7.77. The van der Waals surface area contributed by atoms with E-state index in [0.29, 0.717) is 34.7 Å². The van der Waals surface area contributed by atoms with Gasteiger partial charge in [0.1, 0.15) is 29.7 Å². The van der Waals surface area contributed by atoms with Crippen molar-refractivity contribution in [2.24, 2.45) is 0 Å². The molecule has 0 aliphatic carbocycles. The second kappa shape index (κ2) is 11.1. The summed E-state index contributed by atoms with van der Waals surface area (Å²) in [6.07, 6.45) is 0.803. The molecular weight excluding hydrogens is 486 g/mol. The molecular formula is C29H38F2N6O. The molecule has 2 atom stereocenters. The fourth-order valence-electron chi connectivity index (χ4n) is 5.59. The number of benzene rings is 1. The highest BCUT2D eigenvalue weighted by Gasteiger charge is 2.30. The van der Waals surface area contributed by atoms with E-state index in [4.69, 9.17) is 9.72 Å². The number of likely N-dealkylation sites (tertiary alicyclic amines) is 2. The number of ether oxygens (including phenoxy) is 1. The highest BCUT2D eigenvalue weighted by molar-refractivity contribution is 5.88. The Labute approximate surface area is 223 Å². The van der Waals surface area contributed by atoms with Crippen molar-refractivity contribution in [1.29, 1.82) is 0 Å². The van der Waals surface area contributed by atoms with Crippen LogP contribution in [-0.4, -0.2) is 70.6 Å². The molecule has 7 nitrogen and oxygen atoms in total. The number of likely N-dealkylation sites (N-methyl/N-ethyl adjacent to an activating group) is 1. The van der Waals surface area contributed by atoms with Gasteiger partial charge >= 0.3 is 0 Å². The van der Waals surface area contributed by atoms with Gasteiger partial charge in [0.15, 0.2) is 5.65 Å². The third-order valence-corrected chi connectivity index (χ3v) is 7.88. The van der Waals surface area contributed by atoms with Crippen LogP contribution in [0.5, 0.6) is 5.88 Å². The highest BCUT2D eigenvalue weighted by Crippen LogP contribution is 2.38. The molecule has 2 fully saturated rings. The third-order valence-electron chi connectivity index (χ3n) is 7.88. The monoisotopic (exact) mass is 524 g/mol. The van der Waals surface area contributed by atoms with Crippen molar-refractivity contribution in [3.05, 3.63) is 52.6 Å². The van der Waals surface area contributed by atoms with Crippen molar-refractivity contribution in [3.63, 3.8) is 0 Å². The Morgan fingerprint density at radius 3 is 2.47 bits per heavy atom. The van der Waals surface area contributed by atoms with Gasteiger partial charge in [0.2, 0.25) is 5.88 Å². The molecule has 4 heterocycles. The molecule has 204 valence electrons. The molecule has 0 bridgehead atoms. The Bertz CT molecular complexity index is 1290. The van der Waals surface area contributed by atoms with E-state index in [-0.39, 0.29) is 11.7 Å². The van der Waals surface area contributed by atoms with E-state index < -0.39 is 18.0 Å². The number of aromatic nitrogens is 3. The summed E-state index contributed by atoms with van der Waals surface area (Å²) in [5.74, 6) is 1.62. The summed E-state index contributed by atoms with van der Waals surface area (Å²) < 4.78 is 35.5. The molecule has 1 aromatic carbocycles. The topological polar surface area (TPSA) is 66.4 Å². The summed E-state index contributed by atoms with van der Waals surface area (Å²) in [6, 6.07) is 6.54. The predicted octanol–water partition coefficient (Wildman–Crippen LogP) is 5.57. The van der Waals surface area contributed by atoms with E-state index in [9.17, 15) is 4.39 Å². The van der Waals surface area contributed by atoms with Crippen molar-refractivity contribution < 1.29 is 13.5 Å². The third kappa shape index (κ3) is 5.45. The van der Waals surface area contributed by atoms with Gasteiger partial charge in [-0.2, -0.15) is 4.98 Å². The van der Waals surface area contributed by atoms with Crippen LogP contribution in [0, 0.1) is 12.7 Å². The lowest BCUT2D eigenvalue weighted by molar-refractivity contribution is 0.0344. The Balaban J connectivity index is 1.52. The smallest absolute Gasteiger partial charge is 0.219 e. The second-order valence-corrected chi connectivity index (χ2v) is 10.8. The van der Waals surface area contributed by atoms with Crippen molar-refractivity contribution >= 4 is 16.9 Å². The van der Waals surface area contributed by atoms with Crippen molar-refractivity contribution in [2.45, 2.75) is 64.8 Å². The van der Waals surface area contributed by atoms with E-state index in [1.165, 1.54) is 13.0 Å². The fraction of sp³-hybridized carbons (Fsp3) is 0.552. The number of hydrogen-bond donors (Lipinski definition) is 1. The predicted molar refractivity (Wildman–Crippen MR) is 146 cm³/mol. The van der Waals surface area contributed by atoms with Crippen molar-refractivity contribution in [2.75, 3.05) is 45.1 Å². The van der Waals surface area contributed by atoms with Crippen LogP contribution in [-0.2, 0) is 0 Å². The van der Waals surface area contributed by atoms with Crippen molar-refractivity contribution in [3.8, 4) is 5.88 Å². The lowest BCUT2D eigenvalue weighted by Crippen LogP contribution is -2.51. The van der Waals surface area contributed by atoms with Gasteiger partial charge in [0, 0.05) is 29.8 Å². The summed E-state index contributed by atoms with van der Waals surface area (Å²) in [7, 11) is 2.08. The minimum Gasteiger partial charge on any atom is -0.471 e. The van der Waals surface area contributed by atoms with Crippen LogP contribution in [0.2, 0.25) is 0 Å². The first kappa shape index (κ1) is 26.7. The van der Waals surface area contributed by atoms with Crippen LogP contribution in [0.3, 0.4) is 0 Å². The van der Waals surface area contributed by atoms with Gasteiger partial charge in [0.25, 0.3) is 0 Å². The average Bonchev–Trinajstić information content (AvgIpc) is 2.87. The van der Waals surface area contributed by atoms with Crippen LogP contribution in [0.1, 0.15) is 74.3 Å². The molecule has 1 N–H and O–H groups in total. The number of nitrogens with one attached hydrogen (secondary N) is 1. The summed E-state index contributed by atoms with van der Waals surface area (Å²) in [5, 5.41) is 4.16. The maximum Gasteiger partial charge on any atom is 0.219 e. The normalized spacial score (nSPS) is 19.3. The molecule has 2 aliphatic heterocycles. The van der Waals surface area contributed by atoms with Gasteiger partial charge in [-0.1, -0.05) is 25.1 Å². The number of pyridine rings is 1. The number of halogens is 2. The second-order valence-electron chi connectivity index (χ2n) is 10.8. The van der Waals surface area contributed by atoms with E-state index in [2.05, 4.69) is 45.1 Å². The largest absolute Gasteiger partial charge is 0.471 e. The molecule has 2 saturated heterocycles. The van der Waals surface area contributed by atoms with Crippen LogP contribution >= 0.6 is 0 Å². The Morgan fingerprint density at radius 2 is 1.82 bits per heavy atom. The maximum absolute atomic E-state index is 15.1. The van der Waals surface area contributed by atoms with E-state index in [0.717, 1.165) is 56.5 Å². The summed E-state index contributed by atoms with van der Waals surface area (Å²) in [4.78, 5) is 18.9. The molecule has 2 aromatic heterocycles. The summed E-state index contributed by atoms with van der Waals surface area (Å²) in [5.41, 5.74) is 2.10. The molecule has 38 heavy (non-hydrogen) atoms. The molecule has 0 amide bonds. The number of hydrogen-bond acceptors (Lipinski definition) is 7. The average molecular weight is 525 g/mol. The number of piperidine rings is 1. The van der Waals surface area contributed by atoms with E-state index in [1.807, 2.05) is 13.8 Å². The first-order valence-electron chi connectivity index (χ1n) is 13.7. The van der Waals surface area contributed by atoms with Gasteiger partial charge in [-0.15, -0.1) is 0 Å². The number of nitrogens with zero attached hydrogens (tertiary/aromatic N) is 5. The maximum atomic E-state index is 15.1. The number of aryl methyl sites for hydroxylation is 1.